The van der Waals surface area contributed by atoms with Gasteiger partial charge in [0.05, 0.1) is 0 Å². The lowest BCUT2D eigenvalue weighted by molar-refractivity contribution is -0.135. The summed E-state index contributed by atoms with van der Waals surface area (Å²) in [4.78, 5) is 38.0. The number of carbonyl (C=O) groups is 3. The van der Waals surface area contributed by atoms with E-state index in [1.54, 1.807) is 0 Å². The first kappa shape index (κ1) is 17.9. The number of amides is 4. The second kappa shape index (κ2) is 7.56. The van der Waals surface area contributed by atoms with E-state index in [9.17, 15) is 14.4 Å². The van der Waals surface area contributed by atoms with Crippen LogP contribution in [0.15, 0.2) is 28.7 Å². The van der Waals surface area contributed by atoms with Crippen LogP contribution in [-0.4, -0.2) is 41.4 Å². The second-order valence-electron chi connectivity index (χ2n) is 6.66. The summed E-state index contributed by atoms with van der Waals surface area (Å²) in [5.41, 5.74) is 0.323. The summed E-state index contributed by atoms with van der Waals surface area (Å²) in [6.45, 7) is 0.235. The Hall–Kier alpha value is -1.89. The fourth-order valence-corrected chi connectivity index (χ4v) is 4.03. The predicted octanol–water partition coefficient (Wildman–Crippen LogP) is 2.36. The minimum Gasteiger partial charge on any atom is -0.354 e. The Morgan fingerprint density at radius 1 is 1.20 bits per heavy atom. The molecule has 0 aromatic heterocycles. The summed E-state index contributed by atoms with van der Waals surface area (Å²) >= 11 is 3.47. The van der Waals surface area contributed by atoms with Gasteiger partial charge in [0, 0.05) is 11.0 Å². The van der Waals surface area contributed by atoms with Crippen LogP contribution in [-0.2, 0) is 16.0 Å². The maximum atomic E-state index is 12.6. The summed E-state index contributed by atoms with van der Waals surface area (Å²) in [6.07, 6.45) is 4.95. The molecule has 7 heteroatoms. The molecule has 1 saturated carbocycles. The Kier molecular flexibility index (Phi) is 5.42. The van der Waals surface area contributed by atoms with Crippen LogP contribution in [0.2, 0.25) is 0 Å². The van der Waals surface area contributed by atoms with Crippen molar-refractivity contribution in [3.8, 4) is 0 Å². The number of benzene rings is 1. The normalized spacial score (nSPS) is 19.2. The minimum atomic E-state index is -0.773. The van der Waals surface area contributed by atoms with E-state index in [1.807, 2.05) is 24.3 Å². The molecular weight excluding hydrogens is 386 g/mol. The summed E-state index contributed by atoms with van der Waals surface area (Å²) in [5, 5.41) is 5.60. The molecule has 1 heterocycles. The SMILES string of the molecule is O=C(CN1C(=O)NC2(CCCCC2)C1=O)NCCc1ccccc1Br. The number of nitrogens with one attached hydrogen (secondary N) is 2. The lowest BCUT2D eigenvalue weighted by Gasteiger charge is -2.30. The largest absolute Gasteiger partial charge is 0.354 e. The Bertz CT molecular complexity index is 686. The second-order valence-corrected chi connectivity index (χ2v) is 7.51. The van der Waals surface area contributed by atoms with Crippen LogP contribution in [0.1, 0.15) is 37.7 Å². The average Bonchev–Trinajstić information content (AvgIpc) is 2.81. The van der Waals surface area contributed by atoms with Gasteiger partial charge in [-0.1, -0.05) is 53.4 Å². The van der Waals surface area contributed by atoms with E-state index >= 15 is 0 Å². The number of hydrogen-bond donors (Lipinski definition) is 2. The van der Waals surface area contributed by atoms with Crippen molar-refractivity contribution in [2.45, 2.75) is 44.1 Å². The molecule has 1 aliphatic carbocycles. The molecule has 2 N–H and O–H groups in total. The maximum Gasteiger partial charge on any atom is 0.325 e. The van der Waals surface area contributed by atoms with Crippen molar-refractivity contribution < 1.29 is 14.4 Å². The molecule has 2 fully saturated rings. The van der Waals surface area contributed by atoms with Gasteiger partial charge in [0.2, 0.25) is 5.91 Å². The van der Waals surface area contributed by atoms with E-state index < -0.39 is 11.6 Å². The van der Waals surface area contributed by atoms with E-state index in [4.69, 9.17) is 0 Å². The van der Waals surface area contributed by atoms with Crippen molar-refractivity contribution in [3.05, 3.63) is 34.3 Å². The highest BCUT2D eigenvalue weighted by Crippen LogP contribution is 2.33. The number of halogens is 1. The highest BCUT2D eigenvalue weighted by atomic mass is 79.9. The third-order valence-electron chi connectivity index (χ3n) is 4.93. The van der Waals surface area contributed by atoms with E-state index in [2.05, 4.69) is 26.6 Å². The number of carbonyl (C=O) groups excluding carboxylic acids is 3. The molecule has 0 unspecified atom stereocenters. The third kappa shape index (κ3) is 3.86. The summed E-state index contributed by atoms with van der Waals surface area (Å²) in [5.74, 6) is -0.568. The van der Waals surface area contributed by atoms with E-state index in [0.717, 1.165) is 34.2 Å². The Labute approximate surface area is 155 Å². The molecule has 3 rings (SSSR count). The first-order valence-corrected chi connectivity index (χ1v) is 9.45. The molecular formula is C18H22BrN3O3. The standard InChI is InChI=1S/C18H22BrN3O3/c19-14-7-3-2-6-13(14)8-11-20-15(23)12-22-16(24)18(21-17(22)25)9-4-1-5-10-18/h2-3,6-7H,1,4-5,8-12H2,(H,20,23)(H,21,25). The molecule has 6 nitrogen and oxygen atoms in total. The Balaban J connectivity index is 1.51. The van der Waals surface area contributed by atoms with Crippen LogP contribution in [0, 0.1) is 0 Å². The summed E-state index contributed by atoms with van der Waals surface area (Å²) < 4.78 is 0.998. The van der Waals surface area contributed by atoms with Crippen LogP contribution in [0.4, 0.5) is 4.79 Å². The van der Waals surface area contributed by atoms with E-state index in [0.29, 0.717) is 25.8 Å². The average molecular weight is 408 g/mol. The molecule has 1 aliphatic heterocycles. The molecule has 4 amide bonds. The van der Waals surface area contributed by atoms with Crippen molar-refractivity contribution in [3.63, 3.8) is 0 Å². The maximum absolute atomic E-state index is 12.6. The minimum absolute atomic E-state index is 0.220. The molecule has 2 aliphatic rings. The van der Waals surface area contributed by atoms with Gasteiger partial charge in [-0.05, 0) is 30.9 Å². The molecule has 1 spiro atoms. The molecule has 25 heavy (non-hydrogen) atoms. The Morgan fingerprint density at radius 3 is 2.64 bits per heavy atom. The number of urea groups is 1. The van der Waals surface area contributed by atoms with Gasteiger partial charge in [-0.25, -0.2) is 4.79 Å². The molecule has 0 bridgehead atoms. The van der Waals surface area contributed by atoms with Crippen LogP contribution >= 0.6 is 15.9 Å². The first-order valence-electron chi connectivity index (χ1n) is 8.66. The third-order valence-corrected chi connectivity index (χ3v) is 5.70. The monoisotopic (exact) mass is 407 g/mol. The van der Waals surface area contributed by atoms with Crippen molar-refractivity contribution in [2.24, 2.45) is 0 Å². The van der Waals surface area contributed by atoms with E-state index in [1.165, 1.54) is 0 Å². The van der Waals surface area contributed by atoms with Gasteiger partial charge < -0.3 is 10.6 Å². The molecule has 0 atom stereocenters. The van der Waals surface area contributed by atoms with Crippen molar-refractivity contribution in [1.29, 1.82) is 0 Å². The summed E-state index contributed by atoms with van der Waals surface area (Å²) in [6, 6.07) is 7.37. The molecule has 0 radical (unpaired) electrons. The zero-order valence-corrected chi connectivity index (χ0v) is 15.6. The van der Waals surface area contributed by atoms with Crippen molar-refractivity contribution >= 4 is 33.8 Å². The topological polar surface area (TPSA) is 78.5 Å². The van der Waals surface area contributed by atoms with E-state index in [-0.39, 0.29) is 18.4 Å². The first-order chi connectivity index (χ1) is 12.0. The van der Waals surface area contributed by atoms with Crippen LogP contribution in [0.5, 0.6) is 0 Å². The summed E-state index contributed by atoms with van der Waals surface area (Å²) in [7, 11) is 0. The van der Waals surface area contributed by atoms with Gasteiger partial charge in [-0.3, -0.25) is 14.5 Å². The lowest BCUT2D eigenvalue weighted by atomic mass is 9.82. The van der Waals surface area contributed by atoms with Gasteiger partial charge in [0.1, 0.15) is 12.1 Å². The smallest absolute Gasteiger partial charge is 0.325 e. The number of imide groups is 1. The van der Waals surface area contributed by atoms with Crippen LogP contribution < -0.4 is 10.6 Å². The van der Waals surface area contributed by atoms with Crippen LogP contribution in [0.3, 0.4) is 0 Å². The van der Waals surface area contributed by atoms with Gasteiger partial charge in [-0.15, -0.1) is 0 Å². The van der Waals surface area contributed by atoms with Gasteiger partial charge in [0.15, 0.2) is 0 Å². The number of nitrogens with zero attached hydrogens (tertiary/aromatic N) is 1. The van der Waals surface area contributed by atoms with Gasteiger partial charge in [0.25, 0.3) is 5.91 Å². The number of rotatable bonds is 5. The fraction of sp³-hybridized carbons (Fsp3) is 0.500. The molecule has 1 aromatic carbocycles. The zero-order chi connectivity index (χ0) is 17.9. The highest BCUT2D eigenvalue weighted by molar-refractivity contribution is 9.10. The van der Waals surface area contributed by atoms with Gasteiger partial charge >= 0.3 is 6.03 Å². The fourth-order valence-electron chi connectivity index (χ4n) is 3.55. The van der Waals surface area contributed by atoms with Gasteiger partial charge in [-0.2, -0.15) is 0 Å². The van der Waals surface area contributed by atoms with Crippen molar-refractivity contribution in [1.82, 2.24) is 15.5 Å². The van der Waals surface area contributed by atoms with Crippen molar-refractivity contribution in [2.75, 3.05) is 13.1 Å². The zero-order valence-electron chi connectivity index (χ0n) is 14.0. The quantitative estimate of drug-likeness (QED) is 0.735. The number of hydrogen-bond acceptors (Lipinski definition) is 3. The molecule has 1 saturated heterocycles. The predicted molar refractivity (Wildman–Crippen MR) is 96.9 cm³/mol. The lowest BCUT2D eigenvalue weighted by Crippen LogP contribution is -2.49. The molecule has 1 aromatic rings. The Morgan fingerprint density at radius 2 is 1.92 bits per heavy atom. The van der Waals surface area contributed by atoms with Crippen LogP contribution in [0.25, 0.3) is 0 Å². The highest BCUT2D eigenvalue weighted by Gasteiger charge is 2.51. The molecule has 134 valence electrons.